The number of carbonyl (C=O) groups is 3. The largest absolute Gasteiger partial charge is 0.464 e. The van der Waals surface area contributed by atoms with Crippen LogP contribution in [0.4, 0.5) is 0 Å². The SMILES string of the molecule is CNCCOC(=O)CCC(=O)NC(C)=O. The number of imide groups is 1. The van der Waals surface area contributed by atoms with Gasteiger partial charge in [-0.1, -0.05) is 0 Å². The molecule has 0 spiro atoms. The number of amides is 2. The molecular weight excluding hydrogens is 200 g/mol. The Hall–Kier alpha value is -1.43. The molecule has 0 bridgehead atoms. The number of esters is 1. The normalized spacial score (nSPS) is 9.47. The third-order valence-corrected chi connectivity index (χ3v) is 1.49. The van der Waals surface area contributed by atoms with Crippen molar-refractivity contribution in [3.8, 4) is 0 Å². The quantitative estimate of drug-likeness (QED) is 0.448. The van der Waals surface area contributed by atoms with E-state index in [1.54, 1.807) is 7.05 Å². The highest BCUT2D eigenvalue weighted by atomic mass is 16.5. The maximum absolute atomic E-state index is 11.0. The Morgan fingerprint density at radius 1 is 1.20 bits per heavy atom. The fraction of sp³-hybridized carbons (Fsp3) is 0.667. The van der Waals surface area contributed by atoms with Gasteiger partial charge in [-0.15, -0.1) is 0 Å². The molecule has 86 valence electrons. The van der Waals surface area contributed by atoms with Crippen molar-refractivity contribution in [3.63, 3.8) is 0 Å². The van der Waals surface area contributed by atoms with Crippen LogP contribution in [0.15, 0.2) is 0 Å². The van der Waals surface area contributed by atoms with E-state index in [9.17, 15) is 14.4 Å². The maximum atomic E-state index is 11.0. The second-order valence-electron chi connectivity index (χ2n) is 2.93. The molecular formula is C9H16N2O4. The molecule has 0 atom stereocenters. The molecule has 0 aliphatic heterocycles. The fourth-order valence-electron chi connectivity index (χ4n) is 0.814. The van der Waals surface area contributed by atoms with Gasteiger partial charge in [0, 0.05) is 19.9 Å². The van der Waals surface area contributed by atoms with Gasteiger partial charge in [-0.25, -0.2) is 0 Å². The van der Waals surface area contributed by atoms with Crippen molar-refractivity contribution in [1.29, 1.82) is 0 Å². The van der Waals surface area contributed by atoms with E-state index in [0.29, 0.717) is 6.54 Å². The van der Waals surface area contributed by atoms with E-state index >= 15 is 0 Å². The van der Waals surface area contributed by atoms with Crippen LogP contribution in [0.25, 0.3) is 0 Å². The molecule has 0 aromatic carbocycles. The van der Waals surface area contributed by atoms with Crippen LogP contribution < -0.4 is 10.6 Å². The number of likely N-dealkylation sites (N-methyl/N-ethyl adjacent to an activating group) is 1. The Morgan fingerprint density at radius 2 is 1.87 bits per heavy atom. The van der Waals surface area contributed by atoms with E-state index in [2.05, 4.69) is 10.6 Å². The van der Waals surface area contributed by atoms with Crippen molar-refractivity contribution in [2.75, 3.05) is 20.2 Å². The van der Waals surface area contributed by atoms with Crippen molar-refractivity contribution in [2.45, 2.75) is 19.8 Å². The average Bonchev–Trinajstić information content (AvgIpc) is 2.14. The molecule has 0 fully saturated rings. The van der Waals surface area contributed by atoms with Gasteiger partial charge in [-0.05, 0) is 7.05 Å². The molecule has 2 amide bonds. The Balaban J connectivity index is 3.53. The van der Waals surface area contributed by atoms with Crippen molar-refractivity contribution in [2.24, 2.45) is 0 Å². The summed E-state index contributed by atoms with van der Waals surface area (Å²) < 4.78 is 4.77. The van der Waals surface area contributed by atoms with Crippen LogP contribution in [0, 0.1) is 0 Å². The zero-order chi connectivity index (χ0) is 11.7. The molecule has 15 heavy (non-hydrogen) atoms. The van der Waals surface area contributed by atoms with Crippen molar-refractivity contribution < 1.29 is 19.1 Å². The standard InChI is InChI=1S/C9H16N2O4/c1-7(12)11-8(13)3-4-9(14)15-6-5-10-2/h10H,3-6H2,1-2H3,(H,11,12,13). The van der Waals surface area contributed by atoms with E-state index < -0.39 is 17.8 Å². The average molecular weight is 216 g/mol. The van der Waals surface area contributed by atoms with Crippen LogP contribution in [-0.4, -0.2) is 38.0 Å². The van der Waals surface area contributed by atoms with Gasteiger partial charge >= 0.3 is 5.97 Å². The third-order valence-electron chi connectivity index (χ3n) is 1.49. The minimum atomic E-state index is -0.465. The monoisotopic (exact) mass is 216 g/mol. The van der Waals surface area contributed by atoms with Crippen LogP contribution in [0.3, 0.4) is 0 Å². The molecule has 0 saturated heterocycles. The van der Waals surface area contributed by atoms with Crippen LogP contribution in [0.2, 0.25) is 0 Å². The predicted octanol–water partition coefficient (Wildman–Crippen LogP) is -0.808. The molecule has 0 radical (unpaired) electrons. The molecule has 2 N–H and O–H groups in total. The summed E-state index contributed by atoms with van der Waals surface area (Å²) in [6, 6.07) is 0. The second kappa shape index (κ2) is 7.93. The minimum absolute atomic E-state index is 0.0111. The Morgan fingerprint density at radius 3 is 2.40 bits per heavy atom. The molecule has 6 heteroatoms. The van der Waals surface area contributed by atoms with Crippen LogP contribution in [-0.2, 0) is 19.1 Å². The van der Waals surface area contributed by atoms with Gasteiger partial charge in [0.1, 0.15) is 6.61 Å². The van der Waals surface area contributed by atoms with Gasteiger partial charge in [-0.2, -0.15) is 0 Å². The lowest BCUT2D eigenvalue weighted by atomic mass is 10.3. The summed E-state index contributed by atoms with van der Waals surface area (Å²) in [5, 5.41) is 4.88. The number of ether oxygens (including phenoxy) is 1. The molecule has 6 nitrogen and oxygen atoms in total. The number of rotatable bonds is 6. The zero-order valence-electron chi connectivity index (χ0n) is 8.96. The molecule has 0 heterocycles. The van der Waals surface area contributed by atoms with Crippen LogP contribution in [0.1, 0.15) is 19.8 Å². The van der Waals surface area contributed by atoms with E-state index in [0.717, 1.165) is 0 Å². The Kier molecular flexibility index (Phi) is 7.17. The van der Waals surface area contributed by atoms with Crippen LogP contribution in [0.5, 0.6) is 0 Å². The van der Waals surface area contributed by atoms with E-state index in [1.807, 2.05) is 0 Å². The summed E-state index contributed by atoms with van der Waals surface area (Å²) in [4.78, 5) is 32.4. The molecule has 0 aromatic rings. The number of hydrogen-bond donors (Lipinski definition) is 2. The fourth-order valence-corrected chi connectivity index (χ4v) is 0.814. The first kappa shape index (κ1) is 13.6. The third kappa shape index (κ3) is 8.89. The topological polar surface area (TPSA) is 84.5 Å². The lowest BCUT2D eigenvalue weighted by Crippen LogP contribution is -2.28. The number of hydrogen-bond acceptors (Lipinski definition) is 5. The zero-order valence-corrected chi connectivity index (χ0v) is 8.96. The highest BCUT2D eigenvalue weighted by Crippen LogP contribution is 1.92. The highest BCUT2D eigenvalue weighted by Gasteiger charge is 2.08. The molecule has 0 unspecified atom stereocenters. The molecule has 0 aliphatic rings. The summed E-state index contributed by atoms with van der Waals surface area (Å²) in [6.45, 7) is 2.10. The van der Waals surface area contributed by atoms with Gasteiger partial charge in [0.25, 0.3) is 0 Å². The summed E-state index contributed by atoms with van der Waals surface area (Å²) >= 11 is 0. The molecule has 0 aromatic heterocycles. The van der Waals surface area contributed by atoms with Gasteiger partial charge < -0.3 is 10.1 Å². The van der Waals surface area contributed by atoms with Crippen molar-refractivity contribution in [3.05, 3.63) is 0 Å². The molecule has 0 aliphatic carbocycles. The highest BCUT2D eigenvalue weighted by molar-refractivity contribution is 5.94. The van der Waals surface area contributed by atoms with Gasteiger partial charge in [0.2, 0.25) is 11.8 Å². The van der Waals surface area contributed by atoms with E-state index in [1.165, 1.54) is 6.92 Å². The minimum Gasteiger partial charge on any atom is -0.464 e. The first-order valence-electron chi connectivity index (χ1n) is 4.67. The Labute approximate surface area is 88.4 Å². The predicted molar refractivity (Wildman–Crippen MR) is 52.9 cm³/mol. The van der Waals surface area contributed by atoms with Gasteiger partial charge in [0.05, 0.1) is 6.42 Å². The lowest BCUT2D eigenvalue weighted by molar-refractivity contribution is -0.145. The molecule has 0 saturated carbocycles. The lowest BCUT2D eigenvalue weighted by Gasteiger charge is -2.03. The summed E-state index contributed by atoms with van der Waals surface area (Å²) in [6.07, 6.45) is -0.0409. The van der Waals surface area contributed by atoms with Gasteiger partial charge in [-0.3, -0.25) is 19.7 Å². The maximum Gasteiger partial charge on any atom is 0.306 e. The van der Waals surface area contributed by atoms with Crippen molar-refractivity contribution in [1.82, 2.24) is 10.6 Å². The van der Waals surface area contributed by atoms with Crippen LogP contribution >= 0.6 is 0 Å². The summed E-state index contributed by atoms with van der Waals surface area (Å²) in [7, 11) is 1.74. The summed E-state index contributed by atoms with van der Waals surface area (Å²) in [5.74, 6) is -1.33. The smallest absolute Gasteiger partial charge is 0.306 e. The summed E-state index contributed by atoms with van der Waals surface area (Å²) in [5.41, 5.74) is 0. The second-order valence-corrected chi connectivity index (χ2v) is 2.93. The Bertz CT molecular complexity index is 240. The van der Waals surface area contributed by atoms with Crippen molar-refractivity contribution >= 4 is 17.8 Å². The number of nitrogens with one attached hydrogen (secondary N) is 2. The molecule has 0 rings (SSSR count). The van der Waals surface area contributed by atoms with Gasteiger partial charge in [0.15, 0.2) is 0 Å². The first-order chi connectivity index (χ1) is 7.06. The first-order valence-corrected chi connectivity index (χ1v) is 4.67. The van der Waals surface area contributed by atoms with E-state index in [4.69, 9.17) is 4.74 Å². The number of carbonyl (C=O) groups excluding carboxylic acids is 3. The van der Waals surface area contributed by atoms with E-state index in [-0.39, 0.29) is 19.4 Å².